The van der Waals surface area contributed by atoms with Crippen molar-refractivity contribution in [2.75, 3.05) is 20.8 Å². The minimum Gasteiger partial charge on any atom is -0.497 e. The van der Waals surface area contributed by atoms with Gasteiger partial charge in [0.2, 0.25) is 5.91 Å². The van der Waals surface area contributed by atoms with Gasteiger partial charge in [0.05, 0.1) is 19.8 Å². The van der Waals surface area contributed by atoms with Gasteiger partial charge in [-0.05, 0) is 37.0 Å². The van der Waals surface area contributed by atoms with Gasteiger partial charge in [-0.15, -0.1) is 0 Å². The second-order valence-corrected chi connectivity index (χ2v) is 4.83. The minimum atomic E-state index is 0.0995. The first kappa shape index (κ1) is 16.5. The average molecular weight is 279 g/mol. The van der Waals surface area contributed by atoms with Crippen LogP contribution in [0.5, 0.6) is 5.75 Å². The number of carbonyl (C=O) groups is 1. The first-order chi connectivity index (χ1) is 9.69. The Labute approximate surface area is 121 Å². The molecule has 0 aliphatic carbocycles. The summed E-state index contributed by atoms with van der Waals surface area (Å²) in [4.78, 5) is 11.8. The first-order valence-corrected chi connectivity index (χ1v) is 7.10. The summed E-state index contributed by atoms with van der Waals surface area (Å²) in [7, 11) is 3.31. The third-order valence-corrected chi connectivity index (χ3v) is 3.25. The number of aryl methyl sites for hydroxylation is 1. The van der Waals surface area contributed by atoms with Crippen molar-refractivity contribution in [1.82, 2.24) is 5.32 Å². The van der Waals surface area contributed by atoms with Crippen molar-refractivity contribution in [3.8, 4) is 5.75 Å². The van der Waals surface area contributed by atoms with Crippen LogP contribution in [0.4, 0.5) is 0 Å². The van der Waals surface area contributed by atoms with Crippen LogP contribution in [0.3, 0.4) is 0 Å². The van der Waals surface area contributed by atoms with E-state index in [1.807, 2.05) is 31.2 Å². The normalized spacial score (nSPS) is 11.9. The van der Waals surface area contributed by atoms with E-state index >= 15 is 0 Å². The number of nitrogens with one attached hydrogen (secondary N) is 1. The van der Waals surface area contributed by atoms with Gasteiger partial charge in [0.25, 0.3) is 0 Å². The Hall–Kier alpha value is -1.55. The van der Waals surface area contributed by atoms with Crippen molar-refractivity contribution in [3.05, 3.63) is 29.8 Å². The molecule has 0 aliphatic rings. The zero-order chi connectivity index (χ0) is 14.8. The van der Waals surface area contributed by atoms with Gasteiger partial charge < -0.3 is 14.8 Å². The maximum absolute atomic E-state index is 11.8. The van der Waals surface area contributed by atoms with E-state index in [1.54, 1.807) is 14.2 Å². The van der Waals surface area contributed by atoms with Crippen LogP contribution in [0, 0.1) is 0 Å². The molecule has 1 N–H and O–H groups in total. The second kappa shape index (κ2) is 9.37. The summed E-state index contributed by atoms with van der Waals surface area (Å²) in [6, 6.07) is 8.09. The predicted octanol–water partition coefficient (Wildman–Crippen LogP) is 2.56. The van der Waals surface area contributed by atoms with Crippen LogP contribution < -0.4 is 10.1 Å². The molecule has 4 heteroatoms. The van der Waals surface area contributed by atoms with E-state index in [0.29, 0.717) is 13.0 Å². The lowest BCUT2D eigenvalue weighted by molar-refractivity contribution is -0.122. The summed E-state index contributed by atoms with van der Waals surface area (Å²) < 4.78 is 10.2. The molecule has 1 aromatic rings. The highest BCUT2D eigenvalue weighted by Gasteiger charge is 2.09. The molecule has 0 saturated heterocycles. The molecule has 1 rings (SSSR count). The van der Waals surface area contributed by atoms with Crippen molar-refractivity contribution in [1.29, 1.82) is 0 Å². The summed E-state index contributed by atoms with van der Waals surface area (Å²) in [6.45, 7) is 2.61. The van der Waals surface area contributed by atoms with E-state index in [4.69, 9.17) is 9.47 Å². The molecular formula is C16H25NO3. The molecule has 1 unspecified atom stereocenters. The predicted molar refractivity (Wildman–Crippen MR) is 80.0 cm³/mol. The number of ether oxygens (including phenoxy) is 2. The molecule has 0 heterocycles. The van der Waals surface area contributed by atoms with E-state index in [9.17, 15) is 4.79 Å². The van der Waals surface area contributed by atoms with Gasteiger partial charge >= 0.3 is 0 Å². The number of amides is 1. The summed E-state index contributed by atoms with van der Waals surface area (Å²) in [5.74, 6) is 0.958. The molecule has 0 bridgehead atoms. The highest BCUT2D eigenvalue weighted by molar-refractivity contribution is 5.76. The van der Waals surface area contributed by atoms with Gasteiger partial charge in [-0.25, -0.2) is 0 Å². The SMILES string of the molecule is CCC(COC)NC(=O)CCCc1ccc(OC)cc1. The minimum absolute atomic E-state index is 0.0995. The lowest BCUT2D eigenvalue weighted by atomic mass is 10.1. The van der Waals surface area contributed by atoms with Gasteiger partial charge in [0, 0.05) is 13.5 Å². The van der Waals surface area contributed by atoms with Crippen molar-refractivity contribution >= 4 is 5.91 Å². The summed E-state index contributed by atoms with van der Waals surface area (Å²) in [5.41, 5.74) is 1.22. The number of rotatable bonds is 9. The number of carbonyl (C=O) groups excluding carboxylic acids is 1. The van der Waals surface area contributed by atoms with E-state index in [-0.39, 0.29) is 11.9 Å². The zero-order valence-electron chi connectivity index (χ0n) is 12.6. The fourth-order valence-electron chi connectivity index (χ4n) is 2.01. The zero-order valence-corrected chi connectivity index (χ0v) is 12.6. The Balaban J connectivity index is 2.26. The van der Waals surface area contributed by atoms with Gasteiger partial charge in [-0.2, -0.15) is 0 Å². The Kier molecular flexibility index (Phi) is 7.73. The van der Waals surface area contributed by atoms with Gasteiger partial charge in [0.15, 0.2) is 0 Å². The number of benzene rings is 1. The fourth-order valence-corrected chi connectivity index (χ4v) is 2.01. The molecule has 112 valence electrons. The third-order valence-electron chi connectivity index (χ3n) is 3.25. The molecule has 0 saturated carbocycles. The molecule has 0 spiro atoms. The van der Waals surface area contributed by atoms with Crippen LogP contribution in [-0.2, 0) is 16.0 Å². The van der Waals surface area contributed by atoms with Crippen LogP contribution in [0.1, 0.15) is 31.7 Å². The Morgan fingerprint density at radius 3 is 2.50 bits per heavy atom. The molecule has 0 radical (unpaired) electrons. The molecule has 20 heavy (non-hydrogen) atoms. The molecule has 0 aromatic heterocycles. The summed E-state index contributed by atoms with van der Waals surface area (Å²) >= 11 is 0. The molecule has 0 fully saturated rings. The Morgan fingerprint density at radius 2 is 1.95 bits per heavy atom. The van der Waals surface area contributed by atoms with Crippen LogP contribution in [0.2, 0.25) is 0 Å². The molecular weight excluding hydrogens is 254 g/mol. The van der Waals surface area contributed by atoms with Crippen LogP contribution in [0.25, 0.3) is 0 Å². The smallest absolute Gasteiger partial charge is 0.220 e. The van der Waals surface area contributed by atoms with Crippen LogP contribution in [0.15, 0.2) is 24.3 Å². The molecule has 4 nitrogen and oxygen atoms in total. The molecule has 1 amide bonds. The second-order valence-electron chi connectivity index (χ2n) is 4.83. The topological polar surface area (TPSA) is 47.6 Å². The summed E-state index contributed by atoms with van der Waals surface area (Å²) in [5, 5.41) is 2.99. The van der Waals surface area contributed by atoms with Crippen LogP contribution >= 0.6 is 0 Å². The largest absolute Gasteiger partial charge is 0.497 e. The van der Waals surface area contributed by atoms with E-state index < -0.39 is 0 Å². The summed E-state index contributed by atoms with van der Waals surface area (Å²) in [6.07, 6.45) is 3.18. The fraction of sp³-hybridized carbons (Fsp3) is 0.562. The standard InChI is InChI=1S/C16H25NO3/c1-4-14(12-19-2)17-16(18)7-5-6-13-8-10-15(20-3)11-9-13/h8-11,14H,4-7,12H2,1-3H3,(H,17,18). The van der Waals surface area contributed by atoms with Crippen molar-refractivity contribution in [2.45, 2.75) is 38.6 Å². The van der Waals surface area contributed by atoms with E-state index in [0.717, 1.165) is 25.0 Å². The van der Waals surface area contributed by atoms with E-state index in [1.165, 1.54) is 5.56 Å². The lowest BCUT2D eigenvalue weighted by Gasteiger charge is -2.15. The van der Waals surface area contributed by atoms with Gasteiger partial charge in [0.1, 0.15) is 5.75 Å². The van der Waals surface area contributed by atoms with Crippen molar-refractivity contribution in [3.63, 3.8) is 0 Å². The number of hydrogen-bond donors (Lipinski definition) is 1. The highest BCUT2D eigenvalue weighted by atomic mass is 16.5. The van der Waals surface area contributed by atoms with Gasteiger partial charge in [-0.1, -0.05) is 19.1 Å². The highest BCUT2D eigenvalue weighted by Crippen LogP contribution is 2.13. The number of methoxy groups -OCH3 is 2. The van der Waals surface area contributed by atoms with Crippen molar-refractivity contribution in [2.24, 2.45) is 0 Å². The van der Waals surface area contributed by atoms with Gasteiger partial charge in [-0.3, -0.25) is 4.79 Å². The first-order valence-electron chi connectivity index (χ1n) is 7.10. The quantitative estimate of drug-likeness (QED) is 0.755. The Morgan fingerprint density at radius 1 is 1.25 bits per heavy atom. The molecule has 0 aliphatic heterocycles. The maximum Gasteiger partial charge on any atom is 0.220 e. The van der Waals surface area contributed by atoms with E-state index in [2.05, 4.69) is 5.32 Å². The molecule has 1 aromatic carbocycles. The Bertz CT molecular complexity index is 389. The third kappa shape index (κ3) is 6.06. The number of hydrogen-bond acceptors (Lipinski definition) is 3. The monoisotopic (exact) mass is 279 g/mol. The van der Waals surface area contributed by atoms with Crippen LogP contribution in [-0.4, -0.2) is 32.8 Å². The lowest BCUT2D eigenvalue weighted by Crippen LogP contribution is -2.37. The average Bonchev–Trinajstić information content (AvgIpc) is 2.47. The maximum atomic E-state index is 11.8. The van der Waals surface area contributed by atoms with Crippen molar-refractivity contribution < 1.29 is 14.3 Å². The molecule has 1 atom stereocenters.